The first-order valence-electron chi connectivity index (χ1n) is 10.6. The predicted molar refractivity (Wildman–Crippen MR) is 105 cm³/mol. The van der Waals surface area contributed by atoms with Crippen LogP contribution in [0.15, 0.2) is 23.8 Å². The van der Waals surface area contributed by atoms with Crippen LogP contribution in [0.1, 0.15) is 6.92 Å². The molecule has 0 aromatic rings. The van der Waals surface area contributed by atoms with E-state index in [1.54, 1.807) is 12.2 Å². The number of methoxy groups -OCH3 is 1. The van der Waals surface area contributed by atoms with Gasteiger partial charge < -0.3 is 49.2 Å². The van der Waals surface area contributed by atoms with Gasteiger partial charge >= 0.3 is 11.9 Å². The van der Waals surface area contributed by atoms with Crippen LogP contribution in [0, 0.1) is 17.8 Å². The molecule has 11 atom stereocenters. The fraction of sp³-hybridized carbons (Fsp3) is 0.714. The number of ether oxygens (including phenoxy) is 5. The third-order valence-corrected chi connectivity index (χ3v) is 6.67. The average Bonchev–Trinajstić information content (AvgIpc) is 3.34. The molecule has 184 valence electrons. The summed E-state index contributed by atoms with van der Waals surface area (Å²) in [6.07, 6.45) is -5.19. The first kappa shape index (κ1) is 24.2. The lowest BCUT2D eigenvalue weighted by molar-refractivity contribution is -0.357. The van der Waals surface area contributed by atoms with Crippen molar-refractivity contribution in [3.8, 4) is 0 Å². The molecule has 0 aromatic carbocycles. The molecule has 3 heterocycles. The quantitative estimate of drug-likeness (QED) is 0.207. The van der Waals surface area contributed by atoms with Gasteiger partial charge in [0.05, 0.1) is 43.8 Å². The van der Waals surface area contributed by atoms with Crippen LogP contribution in [-0.4, -0.2) is 106 Å². The average molecular weight is 472 g/mol. The number of aliphatic hydroxyl groups is 5. The minimum atomic E-state index is -1.68. The van der Waals surface area contributed by atoms with Gasteiger partial charge in [0.2, 0.25) is 0 Å². The maximum atomic E-state index is 12.4. The molecule has 0 aromatic heterocycles. The van der Waals surface area contributed by atoms with E-state index in [0.717, 1.165) is 0 Å². The number of rotatable bonds is 5. The molecule has 2 fully saturated rings. The number of esters is 2. The Morgan fingerprint density at radius 1 is 1.24 bits per heavy atom. The summed E-state index contributed by atoms with van der Waals surface area (Å²) in [5.74, 6) is -3.40. The number of hydrogen-bond donors (Lipinski definition) is 5. The number of hydrogen-bond acceptors (Lipinski definition) is 12. The fourth-order valence-corrected chi connectivity index (χ4v) is 4.89. The molecule has 3 aliphatic heterocycles. The van der Waals surface area contributed by atoms with Gasteiger partial charge in [0, 0.05) is 5.92 Å². The molecule has 0 bridgehead atoms. The van der Waals surface area contributed by atoms with E-state index in [2.05, 4.69) is 0 Å². The van der Waals surface area contributed by atoms with Crippen molar-refractivity contribution >= 4 is 11.9 Å². The van der Waals surface area contributed by atoms with Crippen LogP contribution in [0.25, 0.3) is 0 Å². The zero-order chi connectivity index (χ0) is 24.1. The first-order chi connectivity index (χ1) is 15.6. The first-order valence-corrected chi connectivity index (χ1v) is 10.6. The van der Waals surface area contributed by atoms with Crippen molar-refractivity contribution in [2.75, 3.05) is 20.3 Å². The Kier molecular flexibility index (Phi) is 6.64. The molecule has 0 saturated carbocycles. The van der Waals surface area contributed by atoms with Crippen LogP contribution in [0.2, 0.25) is 0 Å². The summed E-state index contributed by atoms with van der Waals surface area (Å²) < 4.78 is 27.5. The summed E-state index contributed by atoms with van der Waals surface area (Å²) in [5, 5.41) is 49.8. The highest BCUT2D eigenvalue weighted by atomic mass is 16.8. The topological polar surface area (TPSA) is 181 Å². The van der Waals surface area contributed by atoms with Crippen LogP contribution in [-0.2, 0) is 33.3 Å². The third-order valence-electron chi connectivity index (χ3n) is 6.67. The third kappa shape index (κ3) is 4.00. The van der Waals surface area contributed by atoms with Crippen LogP contribution in [0.3, 0.4) is 0 Å². The highest BCUT2D eigenvalue weighted by molar-refractivity contribution is 5.93. The zero-order valence-corrected chi connectivity index (χ0v) is 18.0. The highest BCUT2D eigenvalue weighted by Crippen LogP contribution is 2.51. The van der Waals surface area contributed by atoms with Crippen LogP contribution >= 0.6 is 0 Å². The van der Waals surface area contributed by atoms with Gasteiger partial charge in [-0.3, -0.25) is 4.79 Å². The molecule has 12 heteroatoms. The van der Waals surface area contributed by atoms with Crippen molar-refractivity contribution in [3.05, 3.63) is 23.8 Å². The molecule has 1 spiro atoms. The molecule has 4 rings (SSSR count). The van der Waals surface area contributed by atoms with Gasteiger partial charge in [-0.05, 0) is 19.1 Å². The van der Waals surface area contributed by atoms with Crippen molar-refractivity contribution < 1.29 is 58.8 Å². The molecule has 5 N–H and O–H groups in total. The highest BCUT2D eigenvalue weighted by Gasteiger charge is 2.60. The molecule has 0 radical (unpaired) electrons. The Morgan fingerprint density at radius 2 is 1.97 bits per heavy atom. The summed E-state index contributed by atoms with van der Waals surface area (Å²) in [5.41, 5.74) is -1.37. The van der Waals surface area contributed by atoms with E-state index in [-0.39, 0.29) is 12.2 Å². The lowest BCUT2D eigenvalue weighted by Crippen LogP contribution is -2.61. The number of carbonyl (C=O) groups is 2. The van der Waals surface area contributed by atoms with Crippen molar-refractivity contribution in [2.24, 2.45) is 17.8 Å². The van der Waals surface area contributed by atoms with E-state index in [0.29, 0.717) is 0 Å². The Morgan fingerprint density at radius 3 is 2.58 bits per heavy atom. The van der Waals surface area contributed by atoms with Gasteiger partial charge in [0.25, 0.3) is 0 Å². The number of allylic oxidation sites excluding steroid dienone is 1. The van der Waals surface area contributed by atoms with E-state index in [4.69, 9.17) is 23.7 Å². The van der Waals surface area contributed by atoms with Crippen molar-refractivity contribution in [1.29, 1.82) is 0 Å². The Bertz CT molecular complexity index is 837. The summed E-state index contributed by atoms with van der Waals surface area (Å²) in [7, 11) is 1.24. The van der Waals surface area contributed by atoms with Crippen molar-refractivity contribution in [3.63, 3.8) is 0 Å². The second-order valence-electron chi connectivity index (χ2n) is 8.65. The molecule has 0 unspecified atom stereocenters. The smallest absolute Gasteiger partial charge is 0.337 e. The van der Waals surface area contributed by atoms with Crippen molar-refractivity contribution in [2.45, 2.75) is 55.6 Å². The summed E-state index contributed by atoms with van der Waals surface area (Å²) in [6.45, 7) is 0.659. The van der Waals surface area contributed by atoms with Gasteiger partial charge in [-0.15, -0.1) is 0 Å². The van der Waals surface area contributed by atoms with E-state index in [1.807, 2.05) is 0 Å². The molecule has 12 nitrogen and oxygen atoms in total. The van der Waals surface area contributed by atoms with E-state index >= 15 is 0 Å². The van der Waals surface area contributed by atoms with Gasteiger partial charge in [0.15, 0.2) is 18.2 Å². The summed E-state index contributed by atoms with van der Waals surface area (Å²) in [6, 6.07) is 0. The SMILES string of the molecule is COC(=O)[C@H]1CO[C@@H](O[C@@H]2O[C@H](CO)[C@@H](O)[C@H](O)[C@H]2O)[C@H]2[C@@H]1C=C[C@@]21C=C([C@H](C)O)C(=O)O1. The number of aliphatic hydroxyl groups excluding tert-OH is 5. The summed E-state index contributed by atoms with van der Waals surface area (Å²) in [4.78, 5) is 24.8. The van der Waals surface area contributed by atoms with Crippen LogP contribution in [0.5, 0.6) is 0 Å². The molecule has 1 aliphatic carbocycles. The Hall–Kier alpha value is -1.90. The Labute approximate surface area is 188 Å². The zero-order valence-electron chi connectivity index (χ0n) is 18.0. The monoisotopic (exact) mass is 472 g/mol. The normalized spacial score (nSPS) is 45.5. The molecular weight excluding hydrogens is 444 g/mol. The lowest BCUT2D eigenvalue weighted by Gasteiger charge is -2.46. The largest absolute Gasteiger partial charge is 0.469 e. The molecular formula is C21H28O12. The fourth-order valence-electron chi connectivity index (χ4n) is 4.89. The van der Waals surface area contributed by atoms with Crippen LogP contribution < -0.4 is 0 Å². The van der Waals surface area contributed by atoms with Gasteiger partial charge in [0.1, 0.15) is 24.4 Å². The maximum absolute atomic E-state index is 12.4. The van der Waals surface area contributed by atoms with Crippen molar-refractivity contribution in [1.82, 2.24) is 0 Å². The van der Waals surface area contributed by atoms with Crippen LogP contribution in [0.4, 0.5) is 0 Å². The van der Waals surface area contributed by atoms with Gasteiger partial charge in [-0.25, -0.2) is 4.79 Å². The lowest BCUT2D eigenvalue weighted by atomic mass is 9.75. The molecule has 4 aliphatic rings. The standard InChI is InChI=1S/C21H28O12/c1-8(23)10-5-21(33-18(10)28)4-3-9-11(17(27)29-2)7-30-19(13(9)21)32-20-16(26)15(25)14(24)12(6-22)31-20/h3-5,8-9,11-16,19-20,22-26H,6-7H2,1-2H3/t8-,9+,11-,12+,13+,14+,15-,16+,19-,20-,21+/m0/s1. The van der Waals surface area contributed by atoms with E-state index in [1.165, 1.54) is 20.1 Å². The summed E-state index contributed by atoms with van der Waals surface area (Å²) >= 11 is 0. The molecule has 0 amide bonds. The van der Waals surface area contributed by atoms with Gasteiger partial charge in [-0.2, -0.15) is 0 Å². The Balaban J connectivity index is 1.65. The minimum Gasteiger partial charge on any atom is -0.469 e. The molecule has 2 saturated heterocycles. The molecule has 33 heavy (non-hydrogen) atoms. The van der Waals surface area contributed by atoms with E-state index < -0.39 is 85.0 Å². The second-order valence-corrected chi connectivity index (χ2v) is 8.65. The maximum Gasteiger partial charge on any atom is 0.337 e. The van der Waals surface area contributed by atoms with E-state index in [9.17, 15) is 35.1 Å². The minimum absolute atomic E-state index is 0.0343. The predicted octanol–water partition coefficient (Wildman–Crippen LogP) is -2.65. The number of carbonyl (C=O) groups excluding carboxylic acids is 2. The van der Waals surface area contributed by atoms with Gasteiger partial charge in [-0.1, -0.05) is 6.08 Å². The second kappa shape index (κ2) is 9.04. The number of fused-ring (bicyclic) bond motifs is 2.